The van der Waals surface area contributed by atoms with E-state index in [0.717, 1.165) is 31.2 Å². The Labute approximate surface area is 202 Å². The van der Waals surface area contributed by atoms with Gasteiger partial charge in [-0.05, 0) is 43.0 Å². The Bertz CT molecular complexity index is 1220. The Balaban J connectivity index is 1.43. The molecule has 3 heterocycles. The molecule has 3 N–H and O–H groups in total. The van der Waals surface area contributed by atoms with E-state index in [1.54, 1.807) is 42.2 Å². The number of nitrogens with one attached hydrogen (secondary N) is 2. The lowest BCUT2D eigenvalue weighted by atomic mass is 10.0. The van der Waals surface area contributed by atoms with Crippen molar-refractivity contribution in [2.24, 2.45) is 5.92 Å². The van der Waals surface area contributed by atoms with Crippen molar-refractivity contribution in [3.05, 3.63) is 70.9 Å². The van der Waals surface area contributed by atoms with Gasteiger partial charge in [0.1, 0.15) is 11.3 Å². The zero-order valence-corrected chi connectivity index (χ0v) is 19.6. The van der Waals surface area contributed by atoms with Crippen molar-refractivity contribution in [1.29, 1.82) is 0 Å². The molecule has 178 valence electrons. The molecule has 0 bridgehead atoms. The van der Waals surface area contributed by atoms with Crippen LogP contribution in [0.5, 0.6) is 5.75 Å². The first-order valence-corrected chi connectivity index (χ1v) is 11.8. The summed E-state index contributed by atoms with van der Waals surface area (Å²) < 4.78 is 7.12. The smallest absolute Gasteiger partial charge is 0.261 e. The fourth-order valence-electron chi connectivity index (χ4n) is 4.77. The number of aromatic nitrogens is 3. The van der Waals surface area contributed by atoms with Crippen LogP contribution < -0.4 is 15.5 Å². The number of hydrogen-bond donors (Lipinski definition) is 3. The van der Waals surface area contributed by atoms with Crippen molar-refractivity contribution in [3.63, 3.8) is 0 Å². The van der Waals surface area contributed by atoms with Gasteiger partial charge in [-0.3, -0.25) is 4.79 Å². The molecule has 1 aromatic carbocycles. The second-order valence-electron chi connectivity index (χ2n) is 8.70. The molecular formula is C24H27ClN6O3. The molecular weight excluding hydrogens is 456 g/mol. The van der Waals surface area contributed by atoms with Crippen molar-refractivity contribution in [2.45, 2.75) is 37.8 Å². The van der Waals surface area contributed by atoms with E-state index in [9.17, 15) is 9.90 Å². The molecule has 0 saturated heterocycles. The highest BCUT2D eigenvalue weighted by Gasteiger charge is 2.33. The molecule has 0 radical (unpaired) electrons. The molecule has 2 aliphatic rings. The van der Waals surface area contributed by atoms with Crippen LogP contribution in [0.15, 0.2) is 54.8 Å². The quantitative estimate of drug-likeness (QED) is 0.475. The number of ether oxygens (including phenoxy) is 1. The molecule has 1 aliphatic heterocycles. The molecule has 1 amide bonds. The summed E-state index contributed by atoms with van der Waals surface area (Å²) in [5.74, 6) is 0.599. The number of carbonyl (C=O) groups is 1. The Hall–Kier alpha value is -3.14. The van der Waals surface area contributed by atoms with E-state index in [1.807, 2.05) is 17.3 Å². The molecule has 3 aromatic rings. The van der Waals surface area contributed by atoms with Crippen LogP contribution in [0.3, 0.4) is 0 Å². The summed E-state index contributed by atoms with van der Waals surface area (Å²) in [6, 6.07) is 6.69. The van der Waals surface area contributed by atoms with Crippen LogP contribution in [0.1, 0.15) is 47.6 Å². The lowest BCUT2D eigenvalue weighted by molar-refractivity contribution is 0.0669. The van der Waals surface area contributed by atoms with Crippen LogP contribution in [-0.2, 0) is 0 Å². The third-order valence-corrected chi connectivity index (χ3v) is 6.75. The Kier molecular flexibility index (Phi) is 6.40. The molecule has 0 spiro atoms. The third-order valence-electron chi connectivity index (χ3n) is 6.51. The zero-order chi connectivity index (χ0) is 23.7. The molecule has 1 aliphatic carbocycles. The van der Waals surface area contributed by atoms with Crippen LogP contribution in [0, 0.1) is 5.92 Å². The number of aliphatic hydroxyl groups excluding tert-OH is 1. The maximum absolute atomic E-state index is 13.2. The number of carbonyl (C=O) groups excluding carboxylic acids is 1. The molecule has 10 heteroatoms. The van der Waals surface area contributed by atoms with E-state index in [4.69, 9.17) is 16.3 Å². The maximum Gasteiger partial charge on any atom is 0.261 e. The van der Waals surface area contributed by atoms with E-state index in [0.29, 0.717) is 34.2 Å². The van der Waals surface area contributed by atoms with Crippen LogP contribution in [0.25, 0.3) is 5.65 Å². The second-order valence-corrected chi connectivity index (χ2v) is 9.13. The number of halogens is 1. The third kappa shape index (κ3) is 4.46. The van der Waals surface area contributed by atoms with Gasteiger partial charge in [0.2, 0.25) is 0 Å². The number of benzene rings is 1. The minimum absolute atomic E-state index is 0.290. The molecule has 2 aromatic heterocycles. The largest absolute Gasteiger partial charge is 0.496 e. The summed E-state index contributed by atoms with van der Waals surface area (Å²) in [4.78, 5) is 17.5. The van der Waals surface area contributed by atoms with Gasteiger partial charge in [0.25, 0.3) is 5.91 Å². The second kappa shape index (κ2) is 9.61. The number of methoxy groups -OCH3 is 1. The van der Waals surface area contributed by atoms with Crippen molar-refractivity contribution >= 4 is 23.2 Å². The Morgan fingerprint density at radius 3 is 3.00 bits per heavy atom. The van der Waals surface area contributed by atoms with Gasteiger partial charge in [0.05, 0.1) is 37.7 Å². The van der Waals surface area contributed by atoms with Crippen LogP contribution in [-0.4, -0.2) is 50.4 Å². The summed E-state index contributed by atoms with van der Waals surface area (Å²) in [5.41, 5.74) is 5.61. The minimum atomic E-state index is -0.466. The summed E-state index contributed by atoms with van der Waals surface area (Å²) in [7, 11) is 1.59. The monoisotopic (exact) mass is 482 g/mol. The lowest BCUT2D eigenvalue weighted by Crippen LogP contribution is -2.40. The predicted octanol–water partition coefficient (Wildman–Crippen LogP) is 3.08. The SMILES string of the molecule is COc1ccc(Cl)cc1C1NN(CC(O)C2CCCC2)C=C1NC(=O)c1cnn2cccnc12. The fraction of sp³-hybridized carbons (Fsp3) is 0.375. The standard InChI is InChI=1S/C24H27ClN6O3/c1-34-21-8-7-16(25)11-17(21)22-19(13-30(29-22)14-20(32)15-5-2-3-6-15)28-24(33)18-12-27-31-10-4-9-26-23(18)31/h4,7-13,15,20,22,29,32H,2-3,5-6,14H2,1H3,(H,28,33). The summed E-state index contributed by atoms with van der Waals surface area (Å²) in [6.45, 7) is 0.404. The van der Waals surface area contributed by atoms with Crippen LogP contribution in [0.4, 0.5) is 0 Å². The first kappa shape index (κ1) is 22.6. The highest BCUT2D eigenvalue weighted by molar-refractivity contribution is 6.30. The molecule has 9 nitrogen and oxygen atoms in total. The van der Waals surface area contributed by atoms with E-state index in [1.165, 1.54) is 6.20 Å². The lowest BCUT2D eigenvalue weighted by Gasteiger charge is -2.26. The summed E-state index contributed by atoms with van der Waals surface area (Å²) >= 11 is 6.30. The van der Waals surface area contributed by atoms with E-state index in [-0.39, 0.29) is 11.8 Å². The van der Waals surface area contributed by atoms with Gasteiger partial charge < -0.3 is 20.2 Å². The molecule has 1 fully saturated rings. The van der Waals surface area contributed by atoms with Gasteiger partial charge >= 0.3 is 0 Å². The zero-order valence-electron chi connectivity index (χ0n) is 18.8. The first-order chi connectivity index (χ1) is 16.5. The average molecular weight is 483 g/mol. The Morgan fingerprint density at radius 2 is 2.21 bits per heavy atom. The highest BCUT2D eigenvalue weighted by Crippen LogP contribution is 2.35. The summed E-state index contributed by atoms with van der Waals surface area (Å²) in [6.07, 6.45) is 10.6. The molecule has 2 unspecified atom stereocenters. The van der Waals surface area contributed by atoms with E-state index in [2.05, 4.69) is 20.8 Å². The van der Waals surface area contributed by atoms with Crippen molar-refractivity contribution in [1.82, 2.24) is 30.3 Å². The van der Waals surface area contributed by atoms with E-state index < -0.39 is 12.1 Å². The number of amides is 1. The average Bonchev–Trinajstić information content (AvgIpc) is 3.59. The molecule has 34 heavy (non-hydrogen) atoms. The predicted molar refractivity (Wildman–Crippen MR) is 127 cm³/mol. The number of hydrazine groups is 1. The van der Waals surface area contributed by atoms with Crippen molar-refractivity contribution < 1.29 is 14.6 Å². The minimum Gasteiger partial charge on any atom is -0.496 e. The number of hydrogen-bond acceptors (Lipinski definition) is 7. The first-order valence-electron chi connectivity index (χ1n) is 11.4. The normalized spacial score (nSPS) is 19.4. The summed E-state index contributed by atoms with van der Waals surface area (Å²) in [5, 5.41) is 20.4. The maximum atomic E-state index is 13.2. The number of rotatable bonds is 7. The molecule has 1 saturated carbocycles. The van der Waals surface area contributed by atoms with Gasteiger partial charge in [0, 0.05) is 29.2 Å². The van der Waals surface area contributed by atoms with Gasteiger partial charge in [-0.2, -0.15) is 5.10 Å². The number of β-amino-alcohol motifs (C(OH)–C–C–N with tert-alkyl or cyclic N) is 1. The fourth-order valence-corrected chi connectivity index (χ4v) is 4.95. The van der Waals surface area contributed by atoms with Gasteiger partial charge in [-0.15, -0.1) is 0 Å². The van der Waals surface area contributed by atoms with Gasteiger partial charge in [0.15, 0.2) is 5.65 Å². The highest BCUT2D eigenvalue weighted by atomic mass is 35.5. The number of fused-ring (bicyclic) bond motifs is 1. The van der Waals surface area contributed by atoms with Crippen LogP contribution >= 0.6 is 11.6 Å². The topological polar surface area (TPSA) is 104 Å². The van der Waals surface area contributed by atoms with Gasteiger partial charge in [-0.25, -0.2) is 14.9 Å². The Morgan fingerprint density at radius 1 is 1.38 bits per heavy atom. The number of aliphatic hydroxyl groups is 1. The van der Waals surface area contributed by atoms with Crippen LogP contribution in [0.2, 0.25) is 5.02 Å². The molecule has 2 atom stereocenters. The van der Waals surface area contributed by atoms with Gasteiger partial charge in [-0.1, -0.05) is 24.4 Å². The number of nitrogens with zero attached hydrogens (tertiary/aromatic N) is 4. The molecule has 5 rings (SSSR count). The van der Waals surface area contributed by atoms with Crippen molar-refractivity contribution in [2.75, 3.05) is 13.7 Å². The van der Waals surface area contributed by atoms with E-state index >= 15 is 0 Å². The van der Waals surface area contributed by atoms with Crippen molar-refractivity contribution in [3.8, 4) is 5.75 Å².